The molecule has 110 valence electrons. The second-order valence-corrected chi connectivity index (χ2v) is 7.26. The Bertz CT molecular complexity index is 308. The highest BCUT2D eigenvalue weighted by molar-refractivity contribution is 5.79. The summed E-state index contributed by atoms with van der Waals surface area (Å²) in [4.78, 5) is 14.7. The quantitative estimate of drug-likeness (QED) is 0.848. The molecule has 0 aromatic rings. The average Bonchev–Trinajstić information content (AvgIpc) is 2.75. The first-order valence-electron chi connectivity index (χ1n) is 8.01. The molecule has 1 heterocycles. The van der Waals surface area contributed by atoms with Crippen LogP contribution < -0.4 is 5.32 Å². The summed E-state index contributed by atoms with van der Waals surface area (Å²) >= 11 is 0. The van der Waals surface area contributed by atoms with Crippen molar-refractivity contribution < 1.29 is 4.79 Å². The van der Waals surface area contributed by atoms with Crippen molar-refractivity contribution in [2.75, 3.05) is 19.6 Å². The number of carbonyl (C=O) groups is 1. The molecule has 0 unspecified atom stereocenters. The van der Waals surface area contributed by atoms with Gasteiger partial charge >= 0.3 is 0 Å². The van der Waals surface area contributed by atoms with Gasteiger partial charge in [0.15, 0.2) is 0 Å². The van der Waals surface area contributed by atoms with E-state index in [0.29, 0.717) is 5.41 Å². The van der Waals surface area contributed by atoms with Gasteiger partial charge in [0.1, 0.15) is 0 Å². The zero-order valence-corrected chi connectivity index (χ0v) is 12.9. The van der Waals surface area contributed by atoms with Gasteiger partial charge in [-0.25, -0.2) is 0 Å². The highest BCUT2D eigenvalue weighted by Gasteiger charge is 2.33. The van der Waals surface area contributed by atoms with E-state index in [1.54, 1.807) is 0 Å². The third-order valence-corrected chi connectivity index (χ3v) is 4.72. The molecule has 1 saturated heterocycles. The van der Waals surface area contributed by atoms with E-state index in [4.69, 9.17) is 0 Å². The minimum Gasteiger partial charge on any atom is -0.354 e. The molecule has 1 amide bonds. The molecule has 2 rings (SSSR count). The van der Waals surface area contributed by atoms with Crippen LogP contribution in [0.25, 0.3) is 0 Å². The van der Waals surface area contributed by atoms with Crippen LogP contribution in [0.5, 0.6) is 0 Å². The predicted octanol–water partition coefficient (Wildman–Crippen LogP) is 2.80. The molecular formula is C16H30N2O. The highest BCUT2D eigenvalue weighted by atomic mass is 16.2. The fourth-order valence-electron chi connectivity index (χ4n) is 3.74. The second kappa shape index (κ2) is 6.25. The van der Waals surface area contributed by atoms with Crippen LogP contribution in [0.4, 0.5) is 0 Å². The van der Waals surface area contributed by atoms with Crippen LogP contribution in [0.1, 0.15) is 59.3 Å². The van der Waals surface area contributed by atoms with Crippen molar-refractivity contribution in [3.63, 3.8) is 0 Å². The fraction of sp³-hybridized carbons (Fsp3) is 0.938. The molecule has 0 radical (unpaired) electrons. The van der Waals surface area contributed by atoms with Crippen molar-refractivity contribution in [1.29, 1.82) is 0 Å². The summed E-state index contributed by atoms with van der Waals surface area (Å²) in [7, 11) is 0. The lowest BCUT2D eigenvalue weighted by Gasteiger charge is -2.37. The molecule has 0 bridgehead atoms. The molecular weight excluding hydrogens is 236 g/mol. The number of hydrogen-bond donors (Lipinski definition) is 1. The molecule has 1 aliphatic carbocycles. The molecule has 1 aliphatic heterocycles. The first-order chi connectivity index (χ1) is 8.98. The summed E-state index contributed by atoms with van der Waals surface area (Å²) in [5.41, 5.74) is 0.510. The molecule has 3 heteroatoms. The Morgan fingerprint density at radius 1 is 1.32 bits per heavy atom. The Hall–Kier alpha value is -0.570. The van der Waals surface area contributed by atoms with Gasteiger partial charge in [-0.15, -0.1) is 0 Å². The third kappa shape index (κ3) is 4.20. The molecule has 19 heavy (non-hydrogen) atoms. The van der Waals surface area contributed by atoms with Gasteiger partial charge in [0.2, 0.25) is 5.91 Å². The van der Waals surface area contributed by atoms with Crippen molar-refractivity contribution in [3.05, 3.63) is 0 Å². The maximum Gasteiger partial charge on any atom is 0.224 e. The van der Waals surface area contributed by atoms with Crippen LogP contribution in [0, 0.1) is 11.3 Å². The normalized spacial score (nSPS) is 27.7. The molecule has 0 aromatic carbocycles. The molecule has 1 N–H and O–H groups in total. The molecule has 1 saturated carbocycles. The summed E-state index contributed by atoms with van der Waals surface area (Å²) in [6.45, 7) is 9.85. The minimum atomic E-state index is 0.209. The zero-order valence-electron chi connectivity index (χ0n) is 12.9. The summed E-state index contributed by atoms with van der Waals surface area (Å²) in [6, 6.07) is 0.259. The van der Waals surface area contributed by atoms with Gasteiger partial charge in [0, 0.05) is 19.1 Å². The van der Waals surface area contributed by atoms with Crippen molar-refractivity contribution >= 4 is 5.91 Å². The summed E-state index contributed by atoms with van der Waals surface area (Å²) in [6.07, 6.45) is 7.75. The fourth-order valence-corrected chi connectivity index (χ4v) is 3.74. The van der Waals surface area contributed by atoms with Crippen LogP contribution in [-0.4, -0.2) is 36.5 Å². The highest BCUT2D eigenvalue weighted by Crippen LogP contribution is 2.38. The van der Waals surface area contributed by atoms with E-state index in [1.165, 1.54) is 45.2 Å². The van der Waals surface area contributed by atoms with Crippen molar-refractivity contribution in [3.8, 4) is 0 Å². The van der Waals surface area contributed by atoms with Crippen LogP contribution in [-0.2, 0) is 4.79 Å². The van der Waals surface area contributed by atoms with E-state index in [0.717, 1.165) is 13.0 Å². The lowest BCUT2D eigenvalue weighted by Crippen LogP contribution is -2.47. The lowest BCUT2D eigenvalue weighted by atomic mass is 9.86. The van der Waals surface area contributed by atoms with Gasteiger partial charge in [0.25, 0.3) is 0 Å². The first-order valence-corrected chi connectivity index (χ1v) is 8.01. The number of nitrogens with zero attached hydrogens (tertiary/aromatic N) is 1. The van der Waals surface area contributed by atoms with Crippen molar-refractivity contribution in [2.24, 2.45) is 11.3 Å². The maximum atomic E-state index is 12.1. The Labute approximate surface area is 118 Å². The van der Waals surface area contributed by atoms with Crippen LogP contribution in [0.3, 0.4) is 0 Å². The molecule has 1 atom stereocenters. The number of piperidine rings is 1. The predicted molar refractivity (Wildman–Crippen MR) is 79.0 cm³/mol. The van der Waals surface area contributed by atoms with Crippen LogP contribution >= 0.6 is 0 Å². The summed E-state index contributed by atoms with van der Waals surface area (Å²) < 4.78 is 0. The number of carbonyl (C=O) groups excluding carboxylic acids is 1. The number of likely N-dealkylation sites (tertiary alicyclic amines) is 1. The number of nitrogens with one attached hydrogen (secondary N) is 1. The van der Waals surface area contributed by atoms with E-state index in [1.807, 2.05) is 13.8 Å². The first kappa shape index (κ1) is 14.8. The number of rotatable bonds is 4. The Balaban J connectivity index is 1.84. The van der Waals surface area contributed by atoms with Gasteiger partial charge in [-0.2, -0.15) is 0 Å². The smallest absolute Gasteiger partial charge is 0.224 e. The van der Waals surface area contributed by atoms with E-state index < -0.39 is 0 Å². The molecule has 2 aliphatic rings. The van der Waals surface area contributed by atoms with Crippen molar-refractivity contribution in [1.82, 2.24) is 10.2 Å². The van der Waals surface area contributed by atoms with Gasteiger partial charge in [0.05, 0.1) is 5.92 Å². The van der Waals surface area contributed by atoms with Gasteiger partial charge < -0.3 is 10.2 Å². The van der Waals surface area contributed by atoms with E-state index in [9.17, 15) is 4.79 Å². The second-order valence-electron chi connectivity index (χ2n) is 7.26. The SMILES string of the molecule is CC(C)NC(=O)[C@@H]1CCCN(CC2(C)CCCC2)C1. The Morgan fingerprint density at radius 2 is 2.00 bits per heavy atom. The Kier molecular flexibility index (Phi) is 4.88. The molecule has 3 nitrogen and oxygen atoms in total. The minimum absolute atomic E-state index is 0.209. The molecule has 0 spiro atoms. The van der Waals surface area contributed by atoms with E-state index in [-0.39, 0.29) is 17.9 Å². The third-order valence-electron chi connectivity index (χ3n) is 4.72. The molecule has 0 aromatic heterocycles. The van der Waals surface area contributed by atoms with Crippen molar-refractivity contribution in [2.45, 2.75) is 65.3 Å². The number of hydrogen-bond acceptors (Lipinski definition) is 2. The van der Waals surface area contributed by atoms with E-state index in [2.05, 4.69) is 17.1 Å². The van der Waals surface area contributed by atoms with Gasteiger partial charge in [-0.05, 0) is 51.5 Å². The van der Waals surface area contributed by atoms with Crippen LogP contribution in [0.15, 0.2) is 0 Å². The van der Waals surface area contributed by atoms with Crippen LogP contribution in [0.2, 0.25) is 0 Å². The summed E-state index contributed by atoms with van der Waals surface area (Å²) in [5.74, 6) is 0.470. The average molecular weight is 266 g/mol. The Morgan fingerprint density at radius 3 is 2.63 bits per heavy atom. The topological polar surface area (TPSA) is 32.3 Å². The summed E-state index contributed by atoms with van der Waals surface area (Å²) in [5, 5.41) is 3.07. The largest absolute Gasteiger partial charge is 0.354 e. The van der Waals surface area contributed by atoms with Gasteiger partial charge in [-0.3, -0.25) is 4.79 Å². The number of amides is 1. The lowest BCUT2D eigenvalue weighted by molar-refractivity contribution is -0.127. The zero-order chi connectivity index (χ0) is 13.9. The standard InChI is InChI=1S/C16H30N2O/c1-13(2)17-15(19)14-7-6-10-18(11-14)12-16(3)8-4-5-9-16/h13-14H,4-12H2,1-3H3,(H,17,19)/t14-/m1/s1. The molecule has 2 fully saturated rings. The van der Waals surface area contributed by atoms with Gasteiger partial charge in [-0.1, -0.05) is 19.8 Å². The van der Waals surface area contributed by atoms with E-state index >= 15 is 0 Å². The maximum absolute atomic E-state index is 12.1. The monoisotopic (exact) mass is 266 g/mol.